The van der Waals surface area contributed by atoms with E-state index in [2.05, 4.69) is 4.72 Å². The Morgan fingerprint density at radius 3 is 2.71 bits per heavy atom. The number of hydrogen-bond donors (Lipinski definition) is 1. The highest BCUT2D eigenvalue weighted by molar-refractivity contribution is 7.89. The molecule has 14 heavy (non-hydrogen) atoms. The van der Waals surface area contributed by atoms with E-state index < -0.39 is 15.6 Å². The van der Waals surface area contributed by atoms with Gasteiger partial charge in [0.05, 0.1) is 17.9 Å². The van der Waals surface area contributed by atoms with Gasteiger partial charge in [-0.1, -0.05) is 6.92 Å². The predicted molar refractivity (Wildman–Crippen MR) is 55.7 cm³/mol. The molecule has 0 aliphatic carbocycles. The summed E-state index contributed by atoms with van der Waals surface area (Å²) >= 11 is 0. The maximum atomic E-state index is 11.5. The predicted octanol–water partition coefficient (Wildman–Crippen LogP) is 0.885. The fourth-order valence-electron chi connectivity index (χ4n) is 1.71. The van der Waals surface area contributed by atoms with Gasteiger partial charge in [0.1, 0.15) is 0 Å². The smallest absolute Gasteiger partial charge is 0.212 e. The Morgan fingerprint density at radius 1 is 1.50 bits per heavy atom. The van der Waals surface area contributed by atoms with E-state index in [1.165, 1.54) is 0 Å². The van der Waals surface area contributed by atoms with Crippen LogP contribution in [0.5, 0.6) is 0 Å². The molecule has 0 aromatic heterocycles. The average Bonchev–Trinajstić information content (AvgIpc) is 2.02. The van der Waals surface area contributed by atoms with Crippen molar-refractivity contribution in [1.29, 1.82) is 0 Å². The van der Waals surface area contributed by atoms with Gasteiger partial charge in [0, 0.05) is 6.61 Å². The third-order valence-corrected chi connectivity index (χ3v) is 4.06. The van der Waals surface area contributed by atoms with Crippen molar-refractivity contribution in [2.45, 2.75) is 38.6 Å². The minimum atomic E-state index is -3.12. The molecule has 1 unspecified atom stereocenters. The van der Waals surface area contributed by atoms with Gasteiger partial charge in [0.15, 0.2) is 0 Å². The van der Waals surface area contributed by atoms with Gasteiger partial charge < -0.3 is 4.74 Å². The summed E-state index contributed by atoms with van der Waals surface area (Å²) < 4.78 is 31.1. The summed E-state index contributed by atoms with van der Waals surface area (Å²) in [6.45, 7) is 4.99. The van der Waals surface area contributed by atoms with E-state index in [4.69, 9.17) is 4.74 Å². The third kappa shape index (κ3) is 3.55. The van der Waals surface area contributed by atoms with Gasteiger partial charge in [0.25, 0.3) is 0 Å². The maximum Gasteiger partial charge on any atom is 0.212 e. The molecular weight excluding hydrogens is 202 g/mol. The largest absolute Gasteiger partial charge is 0.380 e. The van der Waals surface area contributed by atoms with Crippen LogP contribution in [0.4, 0.5) is 0 Å². The normalized spacial score (nSPS) is 29.0. The van der Waals surface area contributed by atoms with Crippen molar-refractivity contribution in [3.8, 4) is 0 Å². The molecule has 1 saturated heterocycles. The lowest BCUT2D eigenvalue weighted by atomic mass is 9.97. The van der Waals surface area contributed by atoms with Gasteiger partial charge in [-0.3, -0.25) is 0 Å². The third-order valence-electron chi connectivity index (χ3n) is 2.31. The summed E-state index contributed by atoms with van der Waals surface area (Å²) in [5.41, 5.74) is -0.397. The lowest BCUT2D eigenvalue weighted by Crippen LogP contribution is -2.52. The Labute approximate surface area is 86.1 Å². The molecule has 0 aromatic carbocycles. The van der Waals surface area contributed by atoms with E-state index >= 15 is 0 Å². The molecule has 5 heteroatoms. The zero-order valence-corrected chi connectivity index (χ0v) is 9.69. The Bertz CT molecular complexity index is 268. The lowest BCUT2D eigenvalue weighted by Gasteiger charge is -2.33. The Balaban J connectivity index is 2.57. The highest BCUT2D eigenvalue weighted by atomic mass is 32.2. The second-order valence-corrected chi connectivity index (χ2v) is 5.98. The van der Waals surface area contributed by atoms with Gasteiger partial charge in [-0.2, -0.15) is 0 Å². The minimum absolute atomic E-state index is 0.197. The molecule has 1 N–H and O–H groups in total. The molecule has 0 bridgehead atoms. The standard InChI is InChI=1S/C9H19NO3S/c1-3-7-14(11,12)10-9(2)5-4-6-13-8-9/h10H,3-8H2,1-2H3. The molecule has 0 aromatic rings. The van der Waals surface area contributed by atoms with E-state index in [1.54, 1.807) is 0 Å². The molecule has 1 rings (SSSR count). The summed E-state index contributed by atoms with van der Waals surface area (Å²) in [6.07, 6.45) is 2.42. The molecule has 4 nitrogen and oxygen atoms in total. The molecule has 0 saturated carbocycles. The highest BCUT2D eigenvalue weighted by Gasteiger charge is 2.31. The van der Waals surface area contributed by atoms with Crippen LogP contribution in [-0.2, 0) is 14.8 Å². The first-order chi connectivity index (χ1) is 6.47. The Morgan fingerprint density at radius 2 is 2.21 bits per heavy atom. The quantitative estimate of drug-likeness (QED) is 0.767. The van der Waals surface area contributed by atoms with Gasteiger partial charge >= 0.3 is 0 Å². The summed E-state index contributed by atoms with van der Waals surface area (Å²) in [7, 11) is -3.12. The first-order valence-corrected chi connectivity index (χ1v) is 6.72. The monoisotopic (exact) mass is 221 g/mol. The zero-order chi connectivity index (χ0) is 10.7. The van der Waals surface area contributed by atoms with Crippen LogP contribution in [0.2, 0.25) is 0 Å². The summed E-state index contributed by atoms with van der Waals surface area (Å²) in [5, 5.41) is 0. The maximum absolute atomic E-state index is 11.5. The molecule has 84 valence electrons. The minimum Gasteiger partial charge on any atom is -0.380 e. The molecule has 1 atom stereocenters. The van der Waals surface area contributed by atoms with Crippen molar-refractivity contribution in [2.75, 3.05) is 19.0 Å². The first-order valence-electron chi connectivity index (χ1n) is 5.07. The van der Waals surface area contributed by atoms with Gasteiger partial charge in [-0.05, 0) is 26.2 Å². The number of rotatable bonds is 4. The van der Waals surface area contributed by atoms with Crippen LogP contribution < -0.4 is 4.72 Å². The number of hydrogen-bond acceptors (Lipinski definition) is 3. The SMILES string of the molecule is CCCS(=O)(=O)NC1(C)CCCOC1. The zero-order valence-electron chi connectivity index (χ0n) is 8.88. The molecular formula is C9H19NO3S. The van der Waals surface area contributed by atoms with Crippen molar-refractivity contribution in [3.63, 3.8) is 0 Å². The molecule has 0 radical (unpaired) electrons. The molecule has 1 aliphatic rings. The second kappa shape index (κ2) is 4.59. The molecule has 1 fully saturated rings. The van der Waals surface area contributed by atoms with Gasteiger partial charge in [0.2, 0.25) is 10.0 Å². The van der Waals surface area contributed by atoms with Crippen molar-refractivity contribution in [3.05, 3.63) is 0 Å². The van der Waals surface area contributed by atoms with Crippen molar-refractivity contribution in [2.24, 2.45) is 0 Å². The van der Waals surface area contributed by atoms with E-state index in [-0.39, 0.29) is 5.75 Å². The van der Waals surface area contributed by atoms with E-state index in [1.807, 2.05) is 13.8 Å². The summed E-state index contributed by atoms with van der Waals surface area (Å²) in [4.78, 5) is 0. The van der Waals surface area contributed by atoms with Crippen molar-refractivity contribution < 1.29 is 13.2 Å². The number of sulfonamides is 1. The fourth-order valence-corrected chi connectivity index (χ4v) is 3.26. The van der Waals surface area contributed by atoms with E-state index in [9.17, 15) is 8.42 Å². The van der Waals surface area contributed by atoms with Crippen LogP contribution in [-0.4, -0.2) is 32.9 Å². The highest BCUT2D eigenvalue weighted by Crippen LogP contribution is 2.19. The van der Waals surface area contributed by atoms with Crippen LogP contribution in [0.1, 0.15) is 33.1 Å². The fraction of sp³-hybridized carbons (Fsp3) is 1.00. The number of nitrogens with one attached hydrogen (secondary N) is 1. The van der Waals surface area contributed by atoms with Crippen LogP contribution in [0.3, 0.4) is 0 Å². The van der Waals surface area contributed by atoms with Gasteiger partial charge in [-0.15, -0.1) is 0 Å². The first kappa shape index (κ1) is 11.9. The van der Waals surface area contributed by atoms with Crippen molar-refractivity contribution in [1.82, 2.24) is 4.72 Å². The summed E-state index contributed by atoms with van der Waals surface area (Å²) in [6, 6.07) is 0. The second-order valence-electron chi connectivity index (χ2n) is 4.14. The van der Waals surface area contributed by atoms with E-state index in [0.717, 1.165) is 19.4 Å². The van der Waals surface area contributed by atoms with Crippen molar-refractivity contribution >= 4 is 10.0 Å². The lowest BCUT2D eigenvalue weighted by molar-refractivity contribution is 0.0386. The number of ether oxygens (including phenoxy) is 1. The van der Waals surface area contributed by atoms with E-state index in [0.29, 0.717) is 13.0 Å². The Kier molecular flexibility index (Phi) is 3.92. The summed E-state index contributed by atoms with van der Waals surface area (Å²) in [5.74, 6) is 0.197. The van der Waals surface area contributed by atoms with Crippen LogP contribution in [0, 0.1) is 0 Å². The van der Waals surface area contributed by atoms with Gasteiger partial charge in [-0.25, -0.2) is 13.1 Å². The van der Waals surface area contributed by atoms with Crippen LogP contribution >= 0.6 is 0 Å². The average molecular weight is 221 g/mol. The van der Waals surface area contributed by atoms with Crippen LogP contribution in [0.25, 0.3) is 0 Å². The molecule has 0 spiro atoms. The topological polar surface area (TPSA) is 55.4 Å². The molecule has 1 heterocycles. The molecule has 1 aliphatic heterocycles. The molecule has 0 amide bonds. The Hall–Kier alpha value is -0.130. The van der Waals surface area contributed by atoms with Crippen LogP contribution in [0.15, 0.2) is 0 Å².